The van der Waals surface area contributed by atoms with Gasteiger partial charge in [0.15, 0.2) is 6.29 Å². The molecule has 2 aliphatic rings. The lowest BCUT2D eigenvalue weighted by molar-refractivity contribution is -0.276. The lowest BCUT2D eigenvalue weighted by Crippen LogP contribution is -2.51. The van der Waals surface area contributed by atoms with E-state index in [1.807, 2.05) is 36.4 Å². The van der Waals surface area contributed by atoms with Gasteiger partial charge in [0.25, 0.3) is 5.91 Å². The first kappa shape index (κ1) is 31.1. The standard InChI is InChI=1S/C37H42N4O4/c1-27-34(25-41-20-18-40(19-21-41)24-29-6-3-2-4-7-29)44-37(45-35(27)31-13-11-30(26-42)12-14-31)32-15-9-28(10-16-32)22-39-36(43)33-8-5-17-38-23-33/h2-17,23,27,34-35,37,42H,18-22,24-26H2,1H3,(H,39,43). The van der Waals surface area contributed by atoms with E-state index in [4.69, 9.17) is 9.47 Å². The van der Waals surface area contributed by atoms with Crippen molar-refractivity contribution in [1.29, 1.82) is 0 Å². The number of benzene rings is 3. The van der Waals surface area contributed by atoms with Crippen LogP contribution in [0.25, 0.3) is 0 Å². The molecule has 0 saturated carbocycles. The van der Waals surface area contributed by atoms with Crippen LogP contribution in [0.5, 0.6) is 0 Å². The summed E-state index contributed by atoms with van der Waals surface area (Å²) >= 11 is 0. The minimum absolute atomic E-state index is 0.0149. The Kier molecular flexibility index (Phi) is 10.3. The Bertz CT molecular complexity index is 1490. The minimum atomic E-state index is -0.521. The van der Waals surface area contributed by atoms with E-state index in [9.17, 15) is 9.90 Å². The highest BCUT2D eigenvalue weighted by Crippen LogP contribution is 2.42. The number of ether oxygens (including phenoxy) is 2. The van der Waals surface area contributed by atoms with Gasteiger partial charge in [0, 0.05) is 69.7 Å². The summed E-state index contributed by atoms with van der Waals surface area (Å²) in [6.45, 7) is 8.52. The van der Waals surface area contributed by atoms with Gasteiger partial charge in [-0.3, -0.25) is 19.6 Å². The van der Waals surface area contributed by atoms with Crippen LogP contribution in [0.15, 0.2) is 103 Å². The lowest BCUT2D eigenvalue weighted by atomic mass is 9.90. The summed E-state index contributed by atoms with van der Waals surface area (Å²) < 4.78 is 13.4. The molecule has 3 heterocycles. The molecule has 234 valence electrons. The summed E-state index contributed by atoms with van der Waals surface area (Å²) in [5, 5.41) is 12.5. The highest BCUT2D eigenvalue weighted by atomic mass is 16.7. The van der Waals surface area contributed by atoms with Crippen molar-refractivity contribution in [3.05, 3.63) is 137 Å². The molecule has 0 aliphatic carbocycles. The number of hydrogen-bond acceptors (Lipinski definition) is 7. The van der Waals surface area contributed by atoms with Crippen molar-refractivity contribution in [2.45, 2.75) is 45.1 Å². The van der Waals surface area contributed by atoms with Gasteiger partial charge in [0.1, 0.15) is 0 Å². The lowest BCUT2D eigenvalue weighted by Gasteiger charge is -2.44. The van der Waals surface area contributed by atoms with E-state index in [0.29, 0.717) is 12.1 Å². The number of hydrogen-bond donors (Lipinski definition) is 2. The number of carbonyl (C=O) groups is 1. The van der Waals surface area contributed by atoms with Gasteiger partial charge in [0.05, 0.1) is 24.4 Å². The van der Waals surface area contributed by atoms with E-state index >= 15 is 0 Å². The number of rotatable bonds is 10. The molecule has 2 fully saturated rings. The molecule has 45 heavy (non-hydrogen) atoms. The molecular formula is C37H42N4O4. The van der Waals surface area contributed by atoms with E-state index in [-0.39, 0.29) is 30.6 Å². The number of nitrogens with zero attached hydrogens (tertiary/aromatic N) is 3. The van der Waals surface area contributed by atoms with Gasteiger partial charge in [-0.1, -0.05) is 85.8 Å². The van der Waals surface area contributed by atoms with Crippen molar-refractivity contribution >= 4 is 5.91 Å². The number of carbonyl (C=O) groups excluding carboxylic acids is 1. The number of aliphatic hydroxyl groups is 1. The van der Waals surface area contributed by atoms with Crippen LogP contribution in [0.1, 0.15) is 57.5 Å². The molecule has 2 aliphatic heterocycles. The second kappa shape index (κ2) is 14.9. The van der Waals surface area contributed by atoms with Gasteiger partial charge >= 0.3 is 0 Å². The number of aromatic nitrogens is 1. The Morgan fingerprint density at radius 3 is 2.20 bits per heavy atom. The second-order valence-electron chi connectivity index (χ2n) is 12.1. The number of amides is 1. The minimum Gasteiger partial charge on any atom is -0.392 e. The Labute approximate surface area is 265 Å². The molecule has 4 unspecified atom stereocenters. The third kappa shape index (κ3) is 8.03. The van der Waals surface area contributed by atoms with Crippen LogP contribution in [0.2, 0.25) is 0 Å². The van der Waals surface area contributed by atoms with Crippen LogP contribution in [0.4, 0.5) is 0 Å². The van der Waals surface area contributed by atoms with Crippen molar-refractivity contribution in [2.24, 2.45) is 5.92 Å². The molecule has 0 spiro atoms. The monoisotopic (exact) mass is 606 g/mol. The van der Waals surface area contributed by atoms with Gasteiger partial charge in [0.2, 0.25) is 0 Å². The van der Waals surface area contributed by atoms with E-state index < -0.39 is 6.29 Å². The quantitative estimate of drug-likeness (QED) is 0.259. The van der Waals surface area contributed by atoms with E-state index in [1.54, 1.807) is 24.5 Å². The molecule has 1 aromatic heterocycles. The third-order valence-corrected chi connectivity index (χ3v) is 8.90. The number of pyridine rings is 1. The third-order valence-electron chi connectivity index (χ3n) is 8.90. The molecule has 0 bridgehead atoms. The Hall–Kier alpha value is -3.92. The number of nitrogens with one attached hydrogen (secondary N) is 1. The first-order valence-corrected chi connectivity index (χ1v) is 15.8. The smallest absolute Gasteiger partial charge is 0.253 e. The van der Waals surface area contributed by atoms with E-state index in [1.165, 1.54) is 5.56 Å². The Morgan fingerprint density at radius 1 is 0.822 bits per heavy atom. The zero-order chi connectivity index (χ0) is 31.0. The summed E-state index contributed by atoms with van der Waals surface area (Å²) in [5.74, 6) is -0.0237. The van der Waals surface area contributed by atoms with Crippen molar-refractivity contribution in [3.63, 3.8) is 0 Å². The molecule has 4 atom stereocenters. The maximum Gasteiger partial charge on any atom is 0.253 e. The average Bonchev–Trinajstić information content (AvgIpc) is 3.10. The first-order valence-electron chi connectivity index (χ1n) is 15.8. The largest absolute Gasteiger partial charge is 0.392 e. The molecule has 2 N–H and O–H groups in total. The maximum atomic E-state index is 12.5. The molecule has 3 aromatic carbocycles. The molecule has 8 heteroatoms. The fraction of sp³-hybridized carbons (Fsp3) is 0.351. The predicted octanol–water partition coefficient (Wildman–Crippen LogP) is 5.11. The topological polar surface area (TPSA) is 87.2 Å². The normalized spacial score (nSPS) is 22.6. The molecule has 0 radical (unpaired) electrons. The zero-order valence-electron chi connectivity index (χ0n) is 25.8. The van der Waals surface area contributed by atoms with Gasteiger partial charge in [-0.05, 0) is 34.4 Å². The molecular weight excluding hydrogens is 564 g/mol. The molecule has 1 amide bonds. The Morgan fingerprint density at radius 2 is 1.51 bits per heavy atom. The summed E-state index contributed by atoms with van der Waals surface area (Å²) in [4.78, 5) is 21.5. The highest BCUT2D eigenvalue weighted by Gasteiger charge is 2.39. The van der Waals surface area contributed by atoms with Crippen molar-refractivity contribution in [2.75, 3.05) is 32.7 Å². The summed E-state index contributed by atoms with van der Waals surface area (Å²) in [7, 11) is 0. The van der Waals surface area contributed by atoms with Crippen LogP contribution in [0, 0.1) is 5.92 Å². The van der Waals surface area contributed by atoms with Gasteiger partial charge < -0.3 is 19.9 Å². The molecule has 8 nitrogen and oxygen atoms in total. The maximum absolute atomic E-state index is 12.5. The van der Waals surface area contributed by atoms with Gasteiger partial charge in [-0.25, -0.2) is 0 Å². The zero-order valence-corrected chi connectivity index (χ0v) is 25.8. The van der Waals surface area contributed by atoms with Crippen molar-refractivity contribution in [3.8, 4) is 0 Å². The average molecular weight is 607 g/mol. The fourth-order valence-electron chi connectivity index (χ4n) is 6.13. The van der Waals surface area contributed by atoms with Crippen LogP contribution in [-0.2, 0) is 29.2 Å². The number of piperazine rings is 1. The van der Waals surface area contributed by atoms with E-state index in [0.717, 1.165) is 61.5 Å². The van der Waals surface area contributed by atoms with Crippen molar-refractivity contribution in [1.82, 2.24) is 20.1 Å². The first-order chi connectivity index (χ1) is 22.1. The fourth-order valence-corrected chi connectivity index (χ4v) is 6.13. The molecule has 6 rings (SSSR count). The Balaban J connectivity index is 1.12. The number of aliphatic hydroxyl groups excluding tert-OH is 1. The van der Waals surface area contributed by atoms with Crippen molar-refractivity contribution < 1.29 is 19.4 Å². The SMILES string of the molecule is CC1C(CN2CCN(Cc3ccccc3)CC2)OC(c2ccc(CNC(=O)c3cccnc3)cc2)OC1c1ccc(CO)cc1. The summed E-state index contributed by atoms with van der Waals surface area (Å²) in [6, 6.07) is 30.3. The van der Waals surface area contributed by atoms with E-state index in [2.05, 4.69) is 69.5 Å². The van der Waals surface area contributed by atoms with Crippen LogP contribution < -0.4 is 5.32 Å². The second-order valence-corrected chi connectivity index (χ2v) is 12.1. The van der Waals surface area contributed by atoms with Crippen LogP contribution in [0.3, 0.4) is 0 Å². The molecule has 4 aromatic rings. The summed E-state index contributed by atoms with van der Waals surface area (Å²) in [5.41, 5.74) is 5.78. The predicted molar refractivity (Wildman–Crippen MR) is 173 cm³/mol. The summed E-state index contributed by atoms with van der Waals surface area (Å²) in [6.07, 6.45) is 2.51. The molecule has 2 saturated heterocycles. The van der Waals surface area contributed by atoms with Crippen LogP contribution in [-0.4, -0.2) is 64.6 Å². The van der Waals surface area contributed by atoms with Gasteiger partial charge in [-0.2, -0.15) is 0 Å². The highest BCUT2D eigenvalue weighted by molar-refractivity contribution is 5.93. The van der Waals surface area contributed by atoms with Crippen LogP contribution >= 0.6 is 0 Å². The van der Waals surface area contributed by atoms with Gasteiger partial charge in [-0.15, -0.1) is 0 Å².